The molecular weight excluding hydrogens is 240 g/mol. The van der Waals surface area contributed by atoms with Crippen molar-refractivity contribution in [2.75, 3.05) is 39.4 Å². The van der Waals surface area contributed by atoms with Gasteiger partial charge in [-0.2, -0.15) is 0 Å². The van der Waals surface area contributed by atoms with Crippen LogP contribution in [0.25, 0.3) is 0 Å². The first-order valence-electron chi connectivity index (χ1n) is 7.62. The second-order valence-corrected chi connectivity index (χ2v) is 7.41. The number of likely N-dealkylation sites (tertiary alicyclic amines) is 1. The van der Waals surface area contributed by atoms with Gasteiger partial charge in [0.15, 0.2) is 0 Å². The lowest BCUT2D eigenvalue weighted by Crippen LogP contribution is -2.50. The van der Waals surface area contributed by atoms with E-state index in [2.05, 4.69) is 31.0 Å². The molecule has 0 radical (unpaired) electrons. The van der Waals surface area contributed by atoms with Crippen molar-refractivity contribution in [3.8, 4) is 0 Å². The van der Waals surface area contributed by atoms with E-state index in [1.165, 1.54) is 0 Å². The number of aliphatic hydroxyl groups excluding tert-OH is 1. The predicted molar refractivity (Wildman–Crippen MR) is 77.3 cm³/mol. The largest absolute Gasteiger partial charge is 0.393 e. The molecule has 0 bridgehead atoms. The van der Waals surface area contributed by atoms with E-state index < -0.39 is 0 Å². The van der Waals surface area contributed by atoms with E-state index in [4.69, 9.17) is 4.74 Å². The van der Waals surface area contributed by atoms with Crippen LogP contribution in [-0.2, 0) is 4.74 Å². The molecule has 0 aromatic carbocycles. The van der Waals surface area contributed by atoms with E-state index in [0.717, 1.165) is 58.7 Å². The van der Waals surface area contributed by atoms with Gasteiger partial charge < -0.3 is 20.1 Å². The fraction of sp³-hybridized carbons (Fsp3) is 1.00. The van der Waals surface area contributed by atoms with E-state index >= 15 is 0 Å². The fourth-order valence-electron chi connectivity index (χ4n) is 2.97. The molecule has 2 saturated heterocycles. The van der Waals surface area contributed by atoms with E-state index in [0.29, 0.717) is 0 Å². The van der Waals surface area contributed by atoms with Crippen molar-refractivity contribution in [3.63, 3.8) is 0 Å². The first kappa shape index (κ1) is 15.2. The van der Waals surface area contributed by atoms with Gasteiger partial charge in [-0.3, -0.25) is 0 Å². The molecule has 0 aromatic rings. The first-order valence-corrected chi connectivity index (χ1v) is 7.62. The molecule has 0 aromatic heterocycles. The molecule has 2 rings (SSSR count). The first-order chi connectivity index (χ1) is 8.89. The minimum Gasteiger partial charge on any atom is -0.393 e. The van der Waals surface area contributed by atoms with Gasteiger partial charge in [0, 0.05) is 43.7 Å². The number of nitrogens with zero attached hydrogens (tertiary/aromatic N) is 1. The minimum absolute atomic E-state index is 0.0836. The summed E-state index contributed by atoms with van der Waals surface area (Å²) >= 11 is 0. The van der Waals surface area contributed by atoms with Gasteiger partial charge in [0.2, 0.25) is 0 Å². The predicted octanol–water partition coefficient (Wildman–Crippen LogP) is 1.24. The van der Waals surface area contributed by atoms with Crippen molar-refractivity contribution in [2.24, 2.45) is 5.41 Å². The van der Waals surface area contributed by atoms with Crippen LogP contribution in [0.1, 0.15) is 40.0 Å². The molecule has 4 nitrogen and oxygen atoms in total. The number of aliphatic hydroxyl groups is 1. The highest BCUT2D eigenvalue weighted by Crippen LogP contribution is 2.30. The quantitative estimate of drug-likeness (QED) is 0.807. The monoisotopic (exact) mass is 270 g/mol. The van der Waals surface area contributed by atoms with Gasteiger partial charge in [0.05, 0.1) is 12.7 Å². The Morgan fingerprint density at radius 1 is 1.32 bits per heavy atom. The standard InChI is InChI=1S/C15H30N2O2/c1-14(2,3)16-10-15(6-9-19-12-15)11-17-7-4-13(18)5-8-17/h13,16,18H,4-12H2,1-3H3. The van der Waals surface area contributed by atoms with Crippen LogP contribution in [-0.4, -0.2) is 61.0 Å². The highest BCUT2D eigenvalue weighted by Gasteiger charge is 2.37. The van der Waals surface area contributed by atoms with E-state index in [1.807, 2.05) is 0 Å². The normalized spacial score (nSPS) is 30.9. The fourth-order valence-corrected chi connectivity index (χ4v) is 2.97. The molecule has 19 heavy (non-hydrogen) atoms. The number of ether oxygens (including phenoxy) is 1. The van der Waals surface area contributed by atoms with Crippen molar-refractivity contribution in [2.45, 2.75) is 51.7 Å². The number of hydrogen-bond acceptors (Lipinski definition) is 4. The summed E-state index contributed by atoms with van der Waals surface area (Å²) in [6.07, 6.45) is 2.90. The summed E-state index contributed by atoms with van der Waals surface area (Å²) in [6.45, 7) is 12.6. The summed E-state index contributed by atoms with van der Waals surface area (Å²) in [7, 11) is 0. The molecule has 0 spiro atoms. The molecular formula is C15H30N2O2. The maximum atomic E-state index is 9.60. The Hall–Kier alpha value is -0.160. The van der Waals surface area contributed by atoms with Crippen LogP contribution in [0.15, 0.2) is 0 Å². The zero-order chi connectivity index (χ0) is 13.9. The Kier molecular flexibility index (Phi) is 4.88. The molecule has 1 unspecified atom stereocenters. The van der Waals surface area contributed by atoms with Gasteiger partial charge in [-0.05, 0) is 40.0 Å². The topological polar surface area (TPSA) is 44.7 Å². The molecule has 2 N–H and O–H groups in total. The Labute approximate surface area is 117 Å². The van der Waals surface area contributed by atoms with Gasteiger partial charge in [-0.25, -0.2) is 0 Å². The average molecular weight is 270 g/mol. The van der Waals surface area contributed by atoms with Crippen LogP contribution in [0.3, 0.4) is 0 Å². The molecule has 2 heterocycles. The Morgan fingerprint density at radius 2 is 2.00 bits per heavy atom. The summed E-state index contributed by atoms with van der Waals surface area (Å²) in [5.41, 5.74) is 0.420. The number of hydrogen-bond donors (Lipinski definition) is 2. The number of piperidine rings is 1. The summed E-state index contributed by atoms with van der Waals surface area (Å²) in [5, 5.41) is 13.2. The molecule has 1 atom stereocenters. The lowest BCUT2D eigenvalue weighted by atomic mass is 9.85. The average Bonchev–Trinajstić information content (AvgIpc) is 2.78. The van der Waals surface area contributed by atoms with Crippen molar-refractivity contribution < 1.29 is 9.84 Å². The summed E-state index contributed by atoms with van der Waals surface area (Å²) in [6, 6.07) is 0. The highest BCUT2D eigenvalue weighted by atomic mass is 16.5. The summed E-state index contributed by atoms with van der Waals surface area (Å²) < 4.78 is 5.67. The molecule has 2 aliphatic rings. The van der Waals surface area contributed by atoms with Crippen molar-refractivity contribution in [1.82, 2.24) is 10.2 Å². The van der Waals surface area contributed by atoms with Crippen molar-refractivity contribution >= 4 is 0 Å². The van der Waals surface area contributed by atoms with E-state index in [1.54, 1.807) is 0 Å². The van der Waals surface area contributed by atoms with Crippen LogP contribution < -0.4 is 5.32 Å². The summed E-state index contributed by atoms with van der Waals surface area (Å²) in [5.74, 6) is 0. The maximum Gasteiger partial charge on any atom is 0.0564 e. The van der Waals surface area contributed by atoms with E-state index in [-0.39, 0.29) is 17.1 Å². The summed E-state index contributed by atoms with van der Waals surface area (Å²) in [4.78, 5) is 2.51. The van der Waals surface area contributed by atoms with Crippen LogP contribution in [0.2, 0.25) is 0 Å². The van der Waals surface area contributed by atoms with Gasteiger partial charge in [-0.15, -0.1) is 0 Å². The van der Waals surface area contributed by atoms with Gasteiger partial charge in [0.25, 0.3) is 0 Å². The number of rotatable bonds is 4. The van der Waals surface area contributed by atoms with Gasteiger partial charge >= 0.3 is 0 Å². The zero-order valence-electron chi connectivity index (χ0n) is 12.7. The Balaban J connectivity index is 1.88. The minimum atomic E-state index is -0.0836. The third-order valence-corrected chi connectivity index (χ3v) is 4.29. The van der Waals surface area contributed by atoms with Crippen LogP contribution >= 0.6 is 0 Å². The van der Waals surface area contributed by atoms with E-state index in [9.17, 15) is 5.11 Å². The van der Waals surface area contributed by atoms with Crippen LogP contribution in [0.5, 0.6) is 0 Å². The van der Waals surface area contributed by atoms with Crippen LogP contribution in [0, 0.1) is 5.41 Å². The smallest absolute Gasteiger partial charge is 0.0564 e. The van der Waals surface area contributed by atoms with Gasteiger partial charge in [-0.1, -0.05) is 0 Å². The molecule has 0 amide bonds. The third kappa shape index (κ3) is 4.71. The SMILES string of the molecule is CC(C)(C)NCC1(CN2CCC(O)CC2)CCOC1. The van der Waals surface area contributed by atoms with Crippen LogP contribution in [0.4, 0.5) is 0 Å². The van der Waals surface area contributed by atoms with Gasteiger partial charge in [0.1, 0.15) is 0 Å². The molecule has 112 valence electrons. The maximum absolute atomic E-state index is 9.60. The number of nitrogens with one attached hydrogen (secondary N) is 1. The Bertz CT molecular complexity index is 274. The lowest BCUT2D eigenvalue weighted by molar-refractivity contribution is 0.0481. The van der Waals surface area contributed by atoms with Crippen molar-refractivity contribution in [1.29, 1.82) is 0 Å². The molecule has 2 aliphatic heterocycles. The second-order valence-electron chi connectivity index (χ2n) is 7.41. The molecule has 0 saturated carbocycles. The molecule has 0 aliphatic carbocycles. The Morgan fingerprint density at radius 3 is 2.53 bits per heavy atom. The third-order valence-electron chi connectivity index (χ3n) is 4.29. The molecule has 4 heteroatoms. The lowest BCUT2D eigenvalue weighted by Gasteiger charge is -2.39. The molecule has 2 fully saturated rings. The van der Waals surface area contributed by atoms with Crippen molar-refractivity contribution in [3.05, 3.63) is 0 Å². The second kappa shape index (κ2) is 6.08. The zero-order valence-corrected chi connectivity index (χ0v) is 12.7. The highest BCUT2D eigenvalue weighted by molar-refractivity contribution is 4.91.